The van der Waals surface area contributed by atoms with Crippen molar-refractivity contribution in [1.29, 1.82) is 0 Å². The van der Waals surface area contributed by atoms with Gasteiger partial charge in [-0.3, -0.25) is 14.9 Å². The van der Waals surface area contributed by atoms with Crippen LogP contribution < -0.4 is 5.32 Å². The maximum absolute atomic E-state index is 10.6. The van der Waals surface area contributed by atoms with Gasteiger partial charge in [-0.15, -0.1) is 0 Å². The van der Waals surface area contributed by atoms with E-state index in [2.05, 4.69) is 5.32 Å². The number of non-ortho nitro benzene ring substituents is 1. The summed E-state index contributed by atoms with van der Waals surface area (Å²) in [4.78, 5) is 20.6. The van der Waals surface area contributed by atoms with Gasteiger partial charge in [0.2, 0.25) is 6.41 Å². The molecule has 2 rings (SSSR count). The van der Waals surface area contributed by atoms with Gasteiger partial charge in [0.1, 0.15) is 0 Å². The van der Waals surface area contributed by atoms with Gasteiger partial charge in [-0.1, -0.05) is 18.2 Å². The Bertz CT molecular complexity index is 579. The lowest BCUT2D eigenvalue weighted by Gasteiger charge is -2.07. The molecule has 0 heterocycles. The van der Waals surface area contributed by atoms with E-state index in [1.165, 1.54) is 12.1 Å². The van der Waals surface area contributed by atoms with Crippen LogP contribution in [0.15, 0.2) is 48.5 Å². The van der Waals surface area contributed by atoms with Crippen LogP contribution in [0.25, 0.3) is 11.1 Å². The standard InChI is InChI=1S/C13H10N2O3/c16-9-14-13-4-2-1-3-12(13)10-5-7-11(8-6-10)15(17)18/h1-9H,(H,14,16). The van der Waals surface area contributed by atoms with Crippen molar-refractivity contribution < 1.29 is 9.72 Å². The zero-order chi connectivity index (χ0) is 13.0. The minimum atomic E-state index is -0.445. The first-order chi connectivity index (χ1) is 8.72. The second kappa shape index (κ2) is 5.09. The van der Waals surface area contributed by atoms with Crippen molar-refractivity contribution in [3.8, 4) is 11.1 Å². The molecule has 0 aliphatic heterocycles. The first kappa shape index (κ1) is 11.8. The van der Waals surface area contributed by atoms with Gasteiger partial charge < -0.3 is 5.32 Å². The lowest BCUT2D eigenvalue weighted by Crippen LogP contribution is -1.96. The molecule has 0 unspecified atom stereocenters. The van der Waals surface area contributed by atoms with Crippen LogP contribution >= 0.6 is 0 Å². The van der Waals surface area contributed by atoms with E-state index in [9.17, 15) is 14.9 Å². The van der Waals surface area contributed by atoms with Crippen LogP contribution in [0.3, 0.4) is 0 Å². The maximum Gasteiger partial charge on any atom is 0.269 e. The van der Waals surface area contributed by atoms with Gasteiger partial charge in [-0.2, -0.15) is 0 Å². The monoisotopic (exact) mass is 242 g/mol. The second-order valence-electron chi connectivity index (χ2n) is 3.61. The fourth-order valence-corrected chi connectivity index (χ4v) is 1.69. The molecule has 1 amide bonds. The summed E-state index contributed by atoms with van der Waals surface area (Å²) in [6.45, 7) is 0. The molecular weight excluding hydrogens is 232 g/mol. The number of nitrogens with one attached hydrogen (secondary N) is 1. The van der Waals surface area contributed by atoms with Gasteiger partial charge in [0.25, 0.3) is 5.69 Å². The normalized spacial score (nSPS) is 9.78. The number of hydrogen-bond donors (Lipinski definition) is 1. The molecule has 0 radical (unpaired) electrons. The van der Waals surface area contributed by atoms with Crippen molar-refractivity contribution in [2.24, 2.45) is 0 Å². The van der Waals surface area contributed by atoms with Gasteiger partial charge >= 0.3 is 0 Å². The number of anilines is 1. The van der Waals surface area contributed by atoms with E-state index in [4.69, 9.17) is 0 Å². The Morgan fingerprint density at radius 3 is 2.33 bits per heavy atom. The Hall–Kier alpha value is -2.69. The van der Waals surface area contributed by atoms with Crippen molar-refractivity contribution in [1.82, 2.24) is 0 Å². The SMILES string of the molecule is O=CNc1ccccc1-c1ccc([N+](=O)[O-])cc1. The third-order valence-corrected chi connectivity index (χ3v) is 2.53. The van der Waals surface area contributed by atoms with E-state index < -0.39 is 4.92 Å². The van der Waals surface area contributed by atoms with Crippen LogP contribution in [-0.4, -0.2) is 11.3 Å². The lowest BCUT2D eigenvalue weighted by atomic mass is 10.0. The average Bonchev–Trinajstić information content (AvgIpc) is 2.40. The number of rotatable bonds is 4. The van der Waals surface area contributed by atoms with Crippen LogP contribution in [0.4, 0.5) is 11.4 Å². The summed E-state index contributed by atoms with van der Waals surface area (Å²) in [5, 5.41) is 13.2. The molecule has 0 aromatic heterocycles. The molecule has 0 aliphatic rings. The highest BCUT2D eigenvalue weighted by molar-refractivity contribution is 5.85. The third-order valence-electron chi connectivity index (χ3n) is 2.53. The number of benzene rings is 2. The van der Waals surface area contributed by atoms with Crippen molar-refractivity contribution in [3.05, 3.63) is 58.6 Å². The molecule has 0 spiro atoms. The minimum Gasteiger partial charge on any atom is -0.328 e. The summed E-state index contributed by atoms with van der Waals surface area (Å²) in [6, 6.07) is 13.4. The summed E-state index contributed by atoms with van der Waals surface area (Å²) in [5.74, 6) is 0. The molecule has 2 aromatic rings. The molecule has 90 valence electrons. The van der Waals surface area contributed by atoms with Gasteiger partial charge in [0.15, 0.2) is 0 Å². The van der Waals surface area contributed by atoms with Crippen LogP contribution in [0.1, 0.15) is 0 Å². The number of nitrogens with zero attached hydrogens (tertiary/aromatic N) is 1. The second-order valence-corrected chi connectivity index (χ2v) is 3.61. The van der Waals surface area contributed by atoms with Crippen molar-refractivity contribution in [2.45, 2.75) is 0 Å². The number of amides is 1. The molecule has 5 nitrogen and oxygen atoms in total. The predicted molar refractivity (Wildman–Crippen MR) is 68.2 cm³/mol. The molecule has 5 heteroatoms. The molecule has 0 saturated carbocycles. The van der Waals surface area contributed by atoms with E-state index >= 15 is 0 Å². The Morgan fingerprint density at radius 1 is 1.06 bits per heavy atom. The first-order valence-electron chi connectivity index (χ1n) is 5.26. The molecule has 0 saturated heterocycles. The molecule has 0 atom stereocenters. The van der Waals surface area contributed by atoms with Gasteiger partial charge in [-0.05, 0) is 23.8 Å². The molecule has 18 heavy (non-hydrogen) atoms. The van der Waals surface area contributed by atoms with E-state index in [0.717, 1.165) is 11.1 Å². The number of carbonyl (C=O) groups excluding carboxylic acids is 1. The van der Waals surface area contributed by atoms with Gasteiger partial charge in [0.05, 0.1) is 4.92 Å². The third kappa shape index (κ3) is 2.35. The maximum atomic E-state index is 10.6. The summed E-state index contributed by atoms with van der Waals surface area (Å²) in [5.41, 5.74) is 2.34. The molecule has 0 bridgehead atoms. The Kier molecular flexibility index (Phi) is 3.33. The average molecular weight is 242 g/mol. The number of nitro benzene ring substituents is 1. The van der Waals surface area contributed by atoms with Crippen LogP contribution in [0.2, 0.25) is 0 Å². The first-order valence-corrected chi connectivity index (χ1v) is 5.26. The molecule has 1 N–H and O–H groups in total. The van der Waals surface area contributed by atoms with Gasteiger partial charge in [-0.25, -0.2) is 0 Å². The highest BCUT2D eigenvalue weighted by Gasteiger charge is 2.07. The summed E-state index contributed by atoms with van der Waals surface area (Å²) < 4.78 is 0. The van der Waals surface area contributed by atoms with Crippen molar-refractivity contribution >= 4 is 17.8 Å². The summed E-state index contributed by atoms with van der Waals surface area (Å²) in [7, 11) is 0. The van der Waals surface area contributed by atoms with Crippen molar-refractivity contribution in [3.63, 3.8) is 0 Å². The highest BCUT2D eigenvalue weighted by Crippen LogP contribution is 2.28. The number of nitro groups is 1. The fraction of sp³-hybridized carbons (Fsp3) is 0. The molecular formula is C13H10N2O3. The quantitative estimate of drug-likeness (QED) is 0.509. The number of carbonyl (C=O) groups is 1. The number of para-hydroxylation sites is 1. The molecule has 0 aliphatic carbocycles. The van der Waals surface area contributed by atoms with E-state index in [1.54, 1.807) is 24.3 Å². The van der Waals surface area contributed by atoms with Crippen LogP contribution in [0.5, 0.6) is 0 Å². The zero-order valence-corrected chi connectivity index (χ0v) is 9.37. The Morgan fingerprint density at radius 2 is 1.72 bits per heavy atom. The highest BCUT2D eigenvalue weighted by atomic mass is 16.6. The summed E-state index contributed by atoms with van der Waals surface area (Å²) in [6.07, 6.45) is 0.601. The van der Waals surface area contributed by atoms with Crippen LogP contribution in [-0.2, 0) is 4.79 Å². The zero-order valence-electron chi connectivity index (χ0n) is 9.37. The smallest absolute Gasteiger partial charge is 0.269 e. The minimum absolute atomic E-state index is 0.0413. The Labute approximate surface area is 103 Å². The molecule has 0 fully saturated rings. The van der Waals surface area contributed by atoms with Crippen LogP contribution in [0, 0.1) is 10.1 Å². The van der Waals surface area contributed by atoms with E-state index in [0.29, 0.717) is 12.1 Å². The van der Waals surface area contributed by atoms with E-state index in [1.807, 2.05) is 12.1 Å². The number of hydrogen-bond acceptors (Lipinski definition) is 3. The van der Waals surface area contributed by atoms with Crippen molar-refractivity contribution in [2.75, 3.05) is 5.32 Å². The molecule has 2 aromatic carbocycles. The largest absolute Gasteiger partial charge is 0.328 e. The van der Waals surface area contributed by atoms with E-state index in [-0.39, 0.29) is 5.69 Å². The predicted octanol–water partition coefficient (Wildman–Crippen LogP) is 2.83. The lowest BCUT2D eigenvalue weighted by molar-refractivity contribution is -0.384. The fourth-order valence-electron chi connectivity index (χ4n) is 1.69. The van der Waals surface area contributed by atoms with Gasteiger partial charge in [0, 0.05) is 23.4 Å². The Balaban J connectivity index is 2.42. The summed E-state index contributed by atoms with van der Waals surface area (Å²) >= 11 is 0. The topological polar surface area (TPSA) is 72.2 Å².